The van der Waals surface area contributed by atoms with E-state index in [0.29, 0.717) is 18.5 Å². The molecular weight excluding hydrogens is 236 g/mol. The fourth-order valence-electron chi connectivity index (χ4n) is 2.26. The number of nitrogens with one attached hydrogen (secondary N) is 1. The summed E-state index contributed by atoms with van der Waals surface area (Å²) in [6.07, 6.45) is 2.30. The van der Waals surface area contributed by atoms with Crippen LogP contribution in [-0.4, -0.2) is 30.4 Å². The van der Waals surface area contributed by atoms with Crippen molar-refractivity contribution < 1.29 is 4.79 Å². The zero-order valence-corrected chi connectivity index (χ0v) is 12.1. The minimum absolute atomic E-state index is 0.206. The van der Waals surface area contributed by atoms with Gasteiger partial charge in [0, 0.05) is 12.6 Å². The van der Waals surface area contributed by atoms with Crippen LogP contribution >= 0.6 is 0 Å². The van der Waals surface area contributed by atoms with Gasteiger partial charge < -0.3 is 10.2 Å². The van der Waals surface area contributed by atoms with Gasteiger partial charge in [0.15, 0.2) is 0 Å². The average molecular weight is 260 g/mol. The van der Waals surface area contributed by atoms with Crippen LogP contribution in [0, 0.1) is 0 Å². The normalized spacial score (nSPS) is 14.7. The first-order valence-electron chi connectivity index (χ1n) is 7.14. The lowest BCUT2D eigenvalue weighted by molar-refractivity contribution is -0.131. The highest BCUT2D eigenvalue weighted by Crippen LogP contribution is 2.28. The van der Waals surface area contributed by atoms with Gasteiger partial charge >= 0.3 is 0 Å². The number of hydrogen-bond donors (Lipinski definition) is 1. The number of hydrogen-bond acceptors (Lipinski definition) is 2. The van der Waals surface area contributed by atoms with Crippen molar-refractivity contribution in [2.24, 2.45) is 0 Å². The van der Waals surface area contributed by atoms with Gasteiger partial charge in [0.05, 0.1) is 6.54 Å². The Morgan fingerprint density at radius 3 is 2.42 bits per heavy atom. The van der Waals surface area contributed by atoms with Crippen molar-refractivity contribution in [1.82, 2.24) is 10.2 Å². The Balaban J connectivity index is 2.02. The number of likely N-dealkylation sites (N-methyl/N-ethyl adjacent to an activating group) is 1. The molecule has 0 heterocycles. The van der Waals surface area contributed by atoms with E-state index in [-0.39, 0.29) is 5.91 Å². The van der Waals surface area contributed by atoms with Gasteiger partial charge in [-0.3, -0.25) is 4.79 Å². The lowest BCUT2D eigenvalue weighted by Crippen LogP contribution is -2.38. The Hall–Kier alpha value is -1.35. The maximum atomic E-state index is 12.1. The van der Waals surface area contributed by atoms with E-state index in [1.807, 2.05) is 11.9 Å². The van der Waals surface area contributed by atoms with E-state index < -0.39 is 0 Å². The van der Waals surface area contributed by atoms with Gasteiger partial charge in [-0.1, -0.05) is 38.1 Å². The van der Waals surface area contributed by atoms with Gasteiger partial charge in [-0.2, -0.15) is 0 Å². The molecule has 1 N–H and O–H groups in total. The van der Waals surface area contributed by atoms with Crippen LogP contribution in [0.5, 0.6) is 0 Å². The lowest BCUT2D eigenvalue weighted by atomic mass is 10.0. The molecule has 1 amide bonds. The molecule has 0 unspecified atom stereocenters. The molecule has 0 aromatic heterocycles. The first-order valence-corrected chi connectivity index (χ1v) is 7.14. The van der Waals surface area contributed by atoms with Crippen molar-refractivity contribution in [3.05, 3.63) is 35.4 Å². The molecule has 0 atom stereocenters. The summed E-state index contributed by atoms with van der Waals surface area (Å²) in [6, 6.07) is 9.11. The van der Waals surface area contributed by atoms with Gasteiger partial charge in [0.25, 0.3) is 0 Å². The van der Waals surface area contributed by atoms with Crippen LogP contribution < -0.4 is 5.32 Å². The number of carbonyl (C=O) groups is 1. The standard InChI is InChI=1S/C16H24N2O/c1-12(2)14-6-4-13(5-7-14)11-18(15-8-9-15)16(19)10-17-3/h4-7,12,15,17H,8-11H2,1-3H3. The monoisotopic (exact) mass is 260 g/mol. The molecule has 1 aromatic carbocycles. The third kappa shape index (κ3) is 3.80. The largest absolute Gasteiger partial charge is 0.334 e. The molecule has 0 saturated heterocycles. The Morgan fingerprint density at radius 2 is 1.95 bits per heavy atom. The zero-order valence-electron chi connectivity index (χ0n) is 12.1. The Labute approximate surface area is 116 Å². The minimum atomic E-state index is 0.206. The number of rotatable bonds is 6. The summed E-state index contributed by atoms with van der Waals surface area (Å²) in [5.74, 6) is 0.762. The molecule has 3 nitrogen and oxygen atoms in total. The molecule has 1 saturated carbocycles. The molecule has 1 fully saturated rings. The van der Waals surface area contributed by atoms with Crippen LogP contribution in [0.1, 0.15) is 43.7 Å². The van der Waals surface area contributed by atoms with Crippen LogP contribution in [0.15, 0.2) is 24.3 Å². The SMILES string of the molecule is CNCC(=O)N(Cc1ccc(C(C)C)cc1)C1CC1. The van der Waals surface area contributed by atoms with Crippen molar-refractivity contribution >= 4 is 5.91 Å². The first kappa shape index (κ1) is 14.1. The second-order valence-corrected chi connectivity index (χ2v) is 5.68. The van der Waals surface area contributed by atoms with Crippen molar-refractivity contribution in [3.8, 4) is 0 Å². The molecule has 19 heavy (non-hydrogen) atoms. The van der Waals surface area contributed by atoms with Crippen LogP contribution in [0.3, 0.4) is 0 Å². The zero-order chi connectivity index (χ0) is 13.8. The third-order valence-electron chi connectivity index (χ3n) is 3.64. The summed E-state index contributed by atoms with van der Waals surface area (Å²) in [7, 11) is 1.82. The molecule has 1 aromatic rings. The summed E-state index contributed by atoms with van der Waals surface area (Å²) < 4.78 is 0. The molecular formula is C16H24N2O. The molecule has 2 rings (SSSR count). The van der Waals surface area contributed by atoms with Gasteiger partial charge in [-0.15, -0.1) is 0 Å². The summed E-state index contributed by atoms with van der Waals surface area (Å²) in [5, 5.41) is 2.95. The highest BCUT2D eigenvalue weighted by atomic mass is 16.2. The summed E-state index contributed by atoms with van der Waals surface area (Å²) >= 11 is 0. The van der Waals surface area contributed by atoms with E-state index in [1.165, 1.54) is 11.1 Å². The van der Waals surface area contributed by atoms with Crippen LogP contribution in [0.25, 0.3) is 0 Å². The molecule has 0 bridgehead atoms. The van der Waals surface area contributed by atoms with Crippen LogP contribution in [-0.2, 0) is 11.3 Å². The van der Waals surface area contributed by atoms with Gasteiger partial charge in [-0.25, -0.2) is 0 Å². The van der Waals surface area contributed by atoms with Gasteiger partial charge in [0.1, 0.15) is 0 Å². The molecule has 104 valence electrons. The average Bonchev–Trinajstić information content (AvgIpc) is 3.21. The van der Waals surface area contributed by atoms with Crippen molar-refractivity contribution in [1.29, 1.82) is 0 Å². The van der Waals surface area contributed by atoms with E-state index in [2.05, 4.69) is 43.4 Å². The maximum absolute atomic E-state index is 12.1. The van der Waals surface area contributed by atoms with E-state index in [4.69, 9.17) is 0 Å². The summed E-state index contributed by atoms with van der Waals surface area (Å²) in [4.78, 5) is 14.1. The van der Waals surface area contributed by atoms with E-state index in [0.717, 1.165) is 19.4 Å². The van der Waals surface area contributed by atoms with E-state index in [9.17, 15) is 4.79 Å². The quantitative estimate of drug-likeness (QED) is 0.852. The highest BCUT2D eigenvalue weighted by Gasteiger charge is 2.31. The smallest absolute Gasteiger partial charge is 0.237 e. The Kier molecular flexibility index (Phi) is 4.59. The first-order chi connectivity index (χ1) is 9.11. The van der Waals surface area contributed by atoms with Gasteiger partial charge in [-0.05, 0) is 36.9 Å². The second kappa shape index (κ2) is 6.20. The van der Waals surface area contributed by atoms with Gasteiger partial charge in [0.2, 0.25) is 5.91 Å². The second-order valence-electron chi connectivity index (χ2n) is 5.68. The predicted octanol–water partition coefficient (Wildman–Crippen LogP) is 2.52. The summed E-state index contributed by atoms with van der Waals surface area (Å²) in [5.41, 5.74) is 2.57. The van der Waals surface area contributed by atoms with Crippen LogP contribution in [0.2, 0.25) is 0 Å². The minimum Gasteiger partial charge on any atom is -0.334 e. The topological polar surface area (TPSA) is 32.3 Å². The molecule has 0 aliphatic heterocycles. The van der Waals surface area contributed by atoms with E-state index in [1.54, 1.807) is 0 Å². The molecule has 3 heteroatoms. The fourth-order valence-corrected chi connectivity index (χ4v) is 2.26. The van der Waals surface area contributed by atoms with Crippen molar-refractivity contribution in [2.45, 2.75) is 45.2 Å². The molecule has 1 aliphatic rings. The highest BCUT2D eigenvalue weighted by molar-refractivity contribution is 5.78. The molecule has 1 aliphatic carbocycles. The van der Waals surface area contributed by atoms with Crippen molar-refractivity contribution in [2.75, 3.05) is 13.6 Å². The summed E-state index contributed by atoms with van der Waals surface area (Å²) in [6.45, 7) is 5.56. The number of nitrogens with zero attached hydrogens (tertiary/aromatic N) is 1. The van der Waals surface area contributed by atoms with Crippen LogP contribution in [0.4, 0.5) is 0 Å². The van der Waals surface area contributed by atoms with E-state index >= 15 is 0 Å². The lowest BCUT2D eigenvalue weighted by Gasteiger charge is -2.22. The predicted molar refractivity (Wildman–Crippen MR) is 78.0 cm³/mol. The molecule has 0 spiro atoms. The Morgan fingerprint density at radius 1 is 1.32 bits per heavy atom. The van der Waals surface area contributed by atoms with Crippen molar-refractivity contribution in [3.63, 3.8) is 0 Å². The number of amides is 1. The third-order valence-corrected chi connectivity index (χ3v) is 3.64. The number of carbonyl (C=O) groups excluding carboxylic acids is 1. The molecule has 0 radical (unpaired) electrons. The number of benzene rings is 1. The maximum Gasteiger partial charge on any atom is 0.237 e. The fraction of sp³-hybridized carbons (Fsp3) is 0.562. The Bertz CT molecular complexity index is 421.